The van der Waals surface area contributed by atoms with Gasteiger partial charge in [0.2, 0.25) is 0 Å². The van der Waals surface area contributed by atoms with Gasteiger partial charge in [0.25, 0.3) is 0 Å². The van der Waals surface area contributed by atoms with E-state index in [-0.39, 0.29) is 6.61 Å². The van der Waals surface area contributed by atoms with Crippen molar-refractivity contribution in [3.05, 3.63) is 35.9 Å². The van der Waals surface area contributed by atoms with Crippen LogP contribution in [0.5, 0.6) is 0 Å². The molecule has 1 aromatic carbocycles. The molecule has 1 aliphatic rings. The molecule has 7 nitrogen and oxygen atoms in total. The van der Waals surface area contributed by atoms with Crippen LogP contribution in [0, 0.1) is 5.92 Å². The molecule has 0 bridgehead atoms. The number of morpholine rings is 1. The summed E-state index contributed by atoms with van der Waals surface area (Å²) in [4.78, 5) is 7.24. The number of ether oxygens (including phenoxy) is 2. The van der Waals surface area contributed by atoms with Gasteiger partial charge >= 0.3 is 0 Å². The van der Waals surface area contributed by atoms with Crippen LogP contribution in [-0.2, 0) is 16.1 Å². The number of aliphatic hydroxyl groups is 1. The van der Waals surface area contributed by atoms with Crippen LogP contribution in [0.3, 0.4) is 0 Å². The number of guanidine groups is 1. The molecule has 0 aromatic heterocycles. The van der Waals surface area contributed by atoms with Crippen molar-refractivity contribution in [3.8, 4) is 0 Å². The van der Waals surface area contributed by atoms with Crippen molar-refractivity contribution in [2.45, 2.75) is 39.5 Å². The molecule has 2 rings (SSSR count). The molecule has 1 aromatic rings. The predicted molar refractivity (Wildman–Crippen MR) is 117 cm³/mol. The summed E-state index contributed by atoms with van der Waals surface area (Å²) in [6, 6.07) is 10.4. The quantitative estimate of drug-likeness (QED) is 0.382. The maximum atomic E-state index is 10.2. The topological polar surface area (TPSA) is 78.4 Å². The van der Waals surface area contributed by atoms with E-state index in [1.165, 1.54) is 0 Å². The zero-order valence-electron chi connectivity index (χ0n) is 18.1. The molecule has 0 spiro atoms. The first kappa shape index (κ1) is 23.6. The fourth-order valence-electron chi connectivity index (χ4n) is 3.34. The average molecular weight is 407 g/mol. The Balaban J connectivity index is 1.77. The monoisotopic (exact) mass is 406 g/mol. The van der Waals surface area contributed by atoms with Crippen LogP contribution in [0.1, 0.15) is 26.3 Å². The fraction of sp³-hybridized carbons (Fsp3) is 0.682. The fourth-order valence-corrected chi connectivity index (χ4v) is 3.34. The standard InChI is InChI=1S/C22H38N4O3/c1-4-23-22(25-15-21(18(2)3)26-10-12-28-13-11-26)24-14-20(27)17-29-16-19-8-6-5-7-9-19/h5-9,18,20-21,27H,4,10-17H2,1-3H3,(H2,23,24,25). The van der Waals surface area contributed by atoms with Gasteiger partial charge in [-0.25, -0.2) is 0 Å². The number of nitrogens with zero attached hydrogens (tertiary/aromatic N) is 2. The number of aliphatic hydroxyl groups excluding tert-OH is 1. The van der Waals surface area contributed by atoms with Crippen LogP contribution in [-0.4, -0.2) is 80.7 Å². The van der Waals surface area contributed by atoms with E-state index in [9.17, 15) is 5.11 Å². The first-order valence-electron chi connectivity index (χ1n) is 10.7. The molecule has 1 fully saturated rings. The summed E-state index contributed by atoms with van der Waals surface area (Å²) in [5.41, 5.74) is 1.10. The molecule has 1 heterocycles. The van der Waals surface area contributed by atoms with E-state index in [2.05, 4.69) is 29.4 Å². The highest BCUT2D eigenvalue weighted by molar-refractivity contribution is 5.79. The van der Waals surface area contributed by atoms with Gasteiger partial charge in [0.05, 0.1) is 39.1 Å². The molecule has 2 atom stereocenters. The van der Waals surface area contributed by atoms with Gasteiger partial charge < -0.3 is 25.2 Å². The molecule has 1 saturated heterocycles. The Morgan fingerprint density at radius 1 is 1.21 bits per heavy atom. The highest BCUT2D eigenvalue weighted by Crippen LogP contribution is 2.13. The van der Waals surface area contributed by atoms with E-state index in [1.807, 2.05) is 37.3 Å². The Bertz CT molecular complexity index is 577. The maximum Gasteiger partial charge on any atom is 0.191 e. The summed E-state index contributed by atoms with van der Waals surface area (Å²) in [6.45, 7) is 12.7. The second-order valence-corrected chi connectivity index (χ2v) is 7.71. The van der Waals surface area contributed by atoms with Gasteiger partial charge in [-0.1, -0.05) is 44.2 Å². The van der Waals surface area contributed by atoms with Crippen LogP contribution in [0.15, 0.2) is 35.3 Å². The lowest BCUT2D eigenvalue weighted by Gasteiger charge is -2.36. The first-order chi connectivity index (χ1) is 14.1. The molecular weight excluding hydrogens is 368 g/mol. The average Bonchev–Trinajstić information content (AvgIpc) is 2.73. The minimum Gasteiger partial charge on any atom is -0.389 e. The zero-order chi connectivity index (χ0) is 20.9. The molecule has 0 aliphatic carbocycles. The summed E-state index contributed by atoms with van der Waals surface area (Å²) in [5, 5.41) is 16.7. The number of benzene rings is 1. The van der Waals surface area contributed by atoms with Gasteiger partial charge in [-0.2, -0.15) is 0 Å². The Morgan fingerprint density at radius 2 is 1.93 bits per heavy atom. The Labute approximate surface area is 175 Å². The van der Waals surface area contributed by atoms with Crippen molar-refractivity contribution >= 4 is 5.96 Å². The summed E-state index contributed by atoms with van der Waals surface area (Å²) >= 11 is 0. The molecule has 0 amide bonds. The Morgan fingerprint density at radius 3 is 2.59 bits per heavy atom. The van der Waals surface area contributed by atoms with Crippen LogP contribution >= 0.6 is 0 Å². The van der Waals surface area contributed by atoms with Crippen molar-refractivity contribution in [1.82, 2.24) is 15.5 Å². The molecule has 0 saturated carbocycles. The third kappa shape index (κ3) is 9.12. The van der Waals surface area contributed by atoms with Gasteiger partial charge in [-0.3, -0.25) is 9.89 Å². The molecule has 2 unspecified atom stereocenters. The molecule has 1 aliphatic heterocycles. The second-order valence-electron chi connectivity index (χ2n) is 7.71. The van der Waals surface area contributed by atoms with Crippen LogP contribution in [0.25, 0.3) is 0 Å². The van der Waals surface area contributed by atoms with Gasteiger partial charge in [0.15, 0.2) is 5.96 Å². The minimum absolute atomic E-state index is 0.281. The maximum absolute atomic E-state index is 10.2. The molecular formula is C22H38N4O3. The predicted octanol–water partition coefficient (Wildman–Crippen LogP) is 1.48. The van der Waals surface area contributed by atoms with Gasteiger partial charge in [-0.15, -0.1) is 0 Å². The summed E-state index contributed by atoms with van der Waals surface area (Å²) in [5.74, 6) is 1.24. The zero-order valence-corrected chi connectivity index (χ0v) is 18.1. The summed E-state index contributed by atoms with van der Waals surface area (Å²) < 4.78 is 11.1. The summed E-state index contributed by atoms with van der Waals surface area (Å²) in [7, 11) is 0. The van der Waals surface area contributed by atoms with E-state index in [0.717, 1.165) is 44.4 Å². The second kappa shape index (κ2) is 13.5. The van der Waals surface area contributed by atoms with Gasteiger partial charge in [-0.05, 0) is 18.4 Å². The van der Waals surface area contributed by atoms with Crippen molar-refractivity contribution in [2.75, 3.05) is 52.5 Å². The normalized spacial score (nSPS) is 17.9. The van der Waals surface area contributed by atoms with E-state index in [4.69, 9.17) is 14.5 Å². The Hall–Kier alpha value is -1.67. The first-order valence-corrected chi connectivity index (χ1v) is 10.7. The highest BCUT2D eigenvalue weighted by Gasteiger charge is 2.23. The molecule has 3 N–H and O–H groups in total. The number of rotatable bonds is 11. The lowest BCUT2D eigenvalue weighted by molar-refractivity contribution is 0.00865. The van der Waals surface area contributed by atoms with Crippen LogP contribution < -0.4 is 10.6 Å². The number of hydrogen-bond donors (Lipinski definition) is 3. The van der Waals surface area contributed by atoms with Crippen molar-refractivity contribution in [2.24, 2.45) is 10.9 Å². The van der Waals surface area contributed by atoms with Gasteiger partial charge in [0.1, 0.15) is 0 Å². The lowest BCUT2D eigenvalue weighted by atomic mass is 10.0. The van der Waals surface area contributed by atoms with Crippen molar-refractivity contribution in [3.63, 3.8) is 0 Å². The Kier molecular flexibility index (Phi) is 11.0. The van der Waals surface area contributed by atoms with E-state index in [0.29, 0.717) is 31.7 Å². The number of nitrogens with one attached hydrogen (secondary N) is 2. The third-order valence-electron chi connectivity index (χ3n) is 4.99. The third-order valence-corrected chi connectivity index (χ3v) is 4.99. The van der Waals surface area contributed by atoms with E-state index < -0.39 is 6.10 Å². The molecule has 0 radical (unpaired) electrons. The molecule has 164 valence electrons. The number of aliphatic imine (C=N–C) groups is 1. The highest BCUT2D eigenvalue weighted by atomic mass is 16.5. The lowest BCUT2D eigenvalue weighted by Crippen LogP contribution is -2.48. The minimum atomic E-state index is -0.595. The molecule has 7 heteroatoms. The smallest absolute Gasteiger partial charge is 0.191 e. The largest absolute Gasteiger partial charge is 0.389 e. The van der Waals surface area contributed by atoms with Crippen LogP contribution in [0.2, 0.25) is 0 Å². The molecule has 29 heavy (non-hydrogen) atoms. The van der Waals surface area contributed by atoms with Gasteiger partial charge in [0, 0.05) is 32.2 Å². The van der Waals surface area contributed by atoms with Crippen LogP contribution in [0.4, 0.5) is 0 Å². The number of hydrogen-bond acceptors (Lipinski definition) is 5. The van der Waals surface area contributed by atoms with E-state index >= 15 is 0 Å². The van der Waals surface area contributed by atoms with E-state index in [1.54, 1.807) is 0 Å². The SMILES string of the molecule is CCNC(=NCC(C(C)C)N1CCOCC1)NCC(O)COCc1ccccc1. The van der Waals surface area contributed by atoms with Crippen molar-refractivity contribution < 1.29 is 14.6 Å². The van der Waals surface area contributed by atoms with Crippen molar-refractivity contribution in [1.29, 1.82) is 0 Å². The summed E-state index contributed by atoms with van der Waals surface area (Å²) in [6.07, 6.45) is -0.595.